The molecule has 0 unspecified atom stereocenters. The molecule has 0 amide bonds. The molecule has 2 aromatic carbocycles. The van der Waals surface area contributed by atoms with Gasteiger partial charge < -0.3 is 14.6 Å². The van der Waals surface area contributed by atoms with Crippen molar-refractivity contribution in [2.75, 3.05) is 0 Å². The Morgan fingerprint density at radius 1 is 1.07 bits per heavy atom. The molecule has 2 aromatic rings. The summed E-state index contributed by atoms with van der Waals surface area (Å²) < 4.78 is 11.8. The lowest BCUT2D eigenvalue weighted by Crippen LogP contribution is -2.49. The number of aliphatic hydroxyl groups is 1. The number of halogens is 1. The molecule has 0 saturated carbocycles. The molecule has 1 aliphatic heterocycles. The van der Waals surface area contributed by atoms with Crippen molar-refractivity contribution >= 4 is 23.0 Å². The van der Waals surface area contributed by atoms with Gasteiger partial charge in [-0.15, -0.1) is 0 Å². The van der Waals surface area contributed by atoms with E-state index in [0.29, 0.717) is 28.5 Å². The number of aryl methyl sites for hydroxylation is 1. The van der Waals surface area contributed by atoms with Crippen LogP contribution >= 0.6 is 11.6 Å². The van der Waals surface area contributed by atoms with Crippen molar-refractivity contribution in [3.8, 4) is 11.5 Å². The second-order valence-electron chi connectivity index (χ2n) is 7.88. The fraction of sp³-hybridized carbons (Fsp3) is 0.348. The van der Waals surface area contributed by atoms with Crippen LogP contribution in [0.4, 0.5) is 0 Å². The largest absolute Gasteiger partial charge is 0.508 e. The molecule has 3 rings (SSSR count). The Bertz CT molecular complexity index is 957. The van der Waals surface area contributed by atoms with Gasteiger partial charge in [0.2, 0.25) is 0 Å². The van der Waals surface area contributed by atoms with Crippen molar-refractivity contribution in [3.63, 3.8) is 0 Å². The summed E-state index contributed by atoms with van der Waals surface area (Å²) in [7, 11) is 0. The zero-order valence-electron chi connectivity index (χ0n) is 16.8. The molecule has 148 valence electrons. The van der Waals surface area contributed by atoms with Gasteiger partial charge in [-0.25, -0.2) is 0 Å². The lowest BCUT2D eigenvalue weighted by atomic mass is 9.81. The van der Waals surface area contributed by atoms with Gasteiger partial charge in [-0.2, -0.15) is 0 Å². The third kappa shape index (κ3) is 3.67. The van der Waals surface area contributed by atoms with Crippen molar-refractivity contribution in [1.29, 1.82) is 0 Å². The number of ketones is 1. The number of carbonyl (C=O) groups is 1. The SMILES string of the molecule is CCc1ccc(Oc2ccccc2Cl)cc1C1=C(O)C(C)(C)OC(C)(C)C1=O. The number of hydrogen-bond donors (Lipinski definition) is 1. The van der Waals surface area contributed by atoms with Gasteiger partial charge in [0, 0.05) is 0 Å². The summed E-state index contributed by atoms with van der Waals surface area (Å²) >= 11 is 6.20. The van der Waals surface area contributed by atoms with Crippen LogP contribution in [0.1, 0.15) is 45.7 Å². The van der Waals surface area contributed by atoms with Crippen LogP contribution in [0.5, 0.6) is 11.5 Å². The van der Waals surface area contributed by atoms with Crippen molar-refractivity contribution < 1.29 is 19.4 Å². The topological polar surface area (TPSA) is 55.8 Å². The predicted molar refractivity (Wildman–Crippen MR) is 111 cm³/mol. The van der Waals surface area contributed by atoms with E-state index in [1.165, 1.54) is 0 Å². The van der Waals surface area contributed by atoms with E-state index in [9.17, 15) is 9.90 Å². The first-order valence-electron chi connectivity index (χ1n) is 9.31. The monoisotopic (exact) mass is 400 g/mol. The fourth-order valence-electron chi connectivity index (χ4n) is 3.51. The predicted octanol–water partition coefficient (Wildman–Crippen LogP) is 6.12. The Morgan fingerprint density at radius 2 is 1.75 bits per heavy atom. The van der Waals surface area contributed by atoms with Crippen LogP contribution in [0.15, 0.2) is 48.2 Å². The van der Waals surface area contributed by atoms with Crippen molar-refractivity contribution in [1.82, 2.24) is 0 Å². The van der Waals surface area contributed by atoms with Crippen molar-refractivity contribution in [3.05, 3.63) is 64.4 Å². The first kappa shape index (κ1) is 20.4. The second-order valence-corrected chi connectivity index (χ2v) is 8.29. The molecule has 1 heterocycles. The Kier molecular flexibility index (Phi) is 5.30. The molecule has 0 spiro atoms. The van der Waals surface area contributed by atoms with Crippen LogP contribution < -0.4 is 4.74 Å². The smallest absolute Gasteiger partial charge is 0.198 e. The van der Waals surface area contributed by atoms with E-state index in [-0.39, 0.29) is 17.1 Å². The molecule has 0 aliphatic carbocycles. The summed E-state index contributed by atoms with van der Waals surface area (Å²) in [5.74, 6) is 0.738. The van der Waals surface area contributed by atoms with Crippen LogP contribution in [0, 0.1) is 0 Å². The van der Waals surface area contributed by atoms with E-state index in [1.807, 2.05) is 31.2 Å². The standard InChI is InChI=1S/C23H25ClO4/c1-6-14-11-12-15(27-18-10-8-7-9-17(18)24)13-16(14)19-20(25)22(2,3)28-23(4,5)21(19)26/h7-13,25H,6H2,1-5H3. The second kappa shape index (κ2) is 7.26. The van der Waals surface area contributed by atoms with Gasteiger partial charge in [-0.3, -0.25) is 4.79 Å². The highest BCUT2D eigenvalue weighted by Gasteiger charge is 2.47. The molecule has 28 heavy (non-hydrogen) atoms. The Balaban J connectivity index is 2.15. The Labute approximate surface area is 170 Å². The zero-order chi connectivity index (χ0) is 20.7. The van der Waals surface area contributed by atoms with Gasteiger partial charge in [-0.05, 0) is 69.5 Å². The number of hydrogen-bond acceptors (Lipinski definition) is 4. The number of Topliss-reactive ketones (excluding diaryl/α,β-unsaturated/α-hetero) is 1. The van der Waals surface area contributed by atoms with Gasteiger partial charge in [0.25, 0.3) is 0 Å². The normalized spacial score (nSPS) is 18.3. The average molecular weight is 401 g/mol. The summed E-state index contributed by atoms with van der Waals surface area (Å²) in [4.78, 5) is 13.1. The maximum Gasteiger partial charge on any atom is 0.198 e. The molecular weight excluding hydrogens is 376 g/mol. The van der Waals surface area contributed by atoms with E-state index < -0.39 is 11.2 Å². The number of ether oxygens (including phenoxy) is 2. The Hall–Kier alpha value is -2.30. The molecule has 0 fully saturated rings. The molecule has 1 N–H and O–H groups in total. The number of para-hydroxylation sites is 1. The van der Waals surface area contributed by atoms with Gasteiger partial charge in [-0.1, -0.05) is 36.7 Å². The van der Waals surface area contributed by atoms with Crippen molar-refractivity contribution in [2.24, 2.45) is 0 Å². The molecule has 0 saturated heterocycles. The number of carbonyl (C=O) groups excluding carboxylic acids is 1. The first-order chi connectivity index (χ1) is 13.1. The third-order valence-corrected chi connectivity index (χ3v) is 5.20. The fourth-order valence-corrected chi connectivity index (χ4v) is 3.68. The first-order valence-corrected chi connectivity index (χ1v) is 9.69. The van der Waals surface area contributed by atoms with Gasteiger partial charge in [0.15, 0.2) is 5.78 Å². The molecule has 4 nitrogen and oxygen atoms in total. The zero-order valence-corrected chi connectivity index (χ0v) is 17.6. The highest BCUT2D eigenvalue weighted by atomic mass is 35.5. The number of aliphatic hydroxyl groups excluding tert-OH is 1. The highest BCUT2D eigenvalue weighted by Crippen LogP contribution is 2.42. The van der Waals surface area contributed by atoms with E-state index >= 15 is 0 Å². The molecular formula is C23H25ClO4. The quantitative estimate of drug-likeness (QED) is 0.671. The molecule has 0 bridgehead atoms. The van der Waals surface area contributed by atoms with Gasteiger partial charge in [0.1, 0.15) is 28.5 Å². The lowest BCUT2D eigenvalue weighted by molar-refractivity contribution is -0.158. The van der Waals surface area contributed by atoms with E-state index in [0.717, 1.165) is 5.56 Å². The maximum atomic E-state index is 13.1. The average Bonchev–Trinajstić information content (AvgIpc) is 2.62. The minimum atomic E-state index is -1.05. The maximum absolute atomic E-state index is 13.1. The summed E-state index contributed by atoms with van der Waals surface area (Å²) in [5.41, 5.74) is -0.149. The molecule has 0 aromatic heterocycles. The van der Waals surface area contributed by atoms with E-state index in [1.54, 1.807) is 45.9 Å². The van der Waals surface area contributed by atoms with Gasteiger partial charge in [0.05, 0.1) is 10.6 Å². The van der Waals surface area contributed by atoms with Crippen LogP contribution in [0.3, 0.4) is 0 Å². The third-order valence-electron chi connectivity index (χ3n) is 4.89. The minimum absolute atomic E-state index is 0.0681. The van der Waals surface area contributed by atoms with E-state index in [4.69, 9.17) is 21.1 Å². The van der Waals surface area contributed by atoms with Gasteiger partial charge >= 0.3 is 0 Å². The molecule has 5 heteroatoms. The lowest BCUT2D eigenvalue weighted by Gasteiger charge is -2.40. The number of rotatable bonds is 4. The summed E-state index contributed by atoms with van der Waals surface area (Å²) in [6.45, 7) is 8.96. The minimum Gasteiger partial charge on any atom is -0.508 e. The Morgan fingerprint density at radius 3 is 2.39 bits per heavy atom. The highest BCUT2D eigenvalue weighted by molar-refractivity contribution is 6.32. The van der Waals surface area contributed by atoms with Crippen LogP contribution in [0.25, 0.3) is 5.57 Å². The van der Waals surface area contributed by atoms with E-state index in [2.05, 4.69) is 0 Å². The summed E-state index contributed by atoms with van der Waals surface area (Å²) in [5, 5.41) is 11.4. The van der Waals surface area contributed by atoms with Crippen LogP contribution in [0.2, 0.25) is 5.02 Å². The molecule has 0 radical (unpaired) electrons. The number of benzene rings is 2. The van der Waals surface area contributed by atoms with Crippen LogP contribution in [-0.2, 0) is 16.0 Å². The summed E-state index contributed by atoms with van der Waals surface area (Å²) in [6, 6.07) is 12.7. The molecule has 1 aliphatic rings. The molecule has 0 atom stereocenters. The van der Waals surface area contributed by atoms with Crippen molar-refractivity contribution in [2.45, 2.75) is 52.2 Å². The summed E-state index contributed by atoms with van der Waals surface area (Å²) in [6.07, 6.45) is 0.702. The van der Waals surface area contributed by atoms with Crippen LogP contribution in [-0.4, -0.2) is 22.1 Å².